The van der Waals surface area contributed by atoms with E-state index >= 15 is 0 Å². The molecule has 0 spiro atoms. The van der Waals surface area contributed by atoms with Crippen LogP contribution < -0.4 is 10.0 Å². The molecule has 2 aromatic carbocycles. The van der Waals surface area contributed by atoms with E-state index in [-0.39, 0.29) is 29.2 Å². The summed E-state index contributed by atoms with van der Waals surface area (Å²) >= 11 is 0. The van der Waals surface area contributed by atoms with Crippen LogP contribution in [0.15, 0.2) is 42.5 Å². The largest absolute Gasteiger partial charge is 0.352 e. The van der Waals surface area contributed by atoms with E-state index in [1.54, 1.807) is 0 Å². The molecule has 0 radical (unpaired) electrons. The Hall–Kier alpha value is -2.94. The molecule has 0 saturated heterocycles. The Bertz CT molecular complexity index is 1030. The first-order chi connectivity index (χ1) is 13.8. The summed E-state index contributed by atoms with van der Waals surface area (Å²) in [6.45, 7) is 6.54. The van der Waals surface area contributed by atoms with Crippen molar-refractivity contribution in [1.82, 2.24) is 5.32 Å². The number of nitro groups is 1. The van der Waals surface area contributed by atoms with Crippen LogP contribution in [-0.4, -0.2) is 25.5 Å². The van der Waals surface area contributed by atoms with Crippen molar-refractivity contribution in [2.75, 3.05) is 11.0 Å². The fraction of sp³-hybridized carbons (Fsp3) is 0.381. The quantitative estimate of drug-likeness (QED) is 0.488. The van der Waals surface area contributed by atoms with Gasteiger partial charge in [0, 0.05) is 19.0 Å². The molecule has 0 aliphatic heterocycles. The molecule has 0 fully saturated rings. The molecular formula is C21H27N3O5S. The smallest absolute Gasteiger partial charge is 0.293 e. The van der Waals surface area contributed by atoms with Gasteiger partial charge in [-0.05, 0) is 34.6 Å². The molecule has 0 aromatic heterocycles. The summed E-state index contributed by atoms with van der Waals surface area (Å²) in [5.41, 5.74) is 2.38. The lowest BCUT2D eigenvalue weighted by Crippen LogP contribution is -2.23. The van der Waals surface area contributed by atoms with E-state index in [0.717, 1.165) is 11.8 Å². The molecule has 9 heteroatoms. The maximum Gasteiger partial charge on any atom is 0.293 e. The van der Waals surface area contributed by atoms with Crippen LogP contribution in [0.25, 0.3) is 0 Å². The molecule has 0 unspecified atom stereocenters. The van der Waals surface area contributed by atoms with Crippen molar-refractivity contribution in [3.8, 4) is 0 Å². The van der Waals surface area contributed by atoms with Crippen LogP contribution in [0.2, 0.25) is 0 Å². The molecule has 30 heavy (non-hydrogen) atoms. The van der Waals surface area contributed by atoms with Gasteiger partial charge in [-0.25, -0.2) is 8.42 Å². The predicted molar refractivity (Wildman–Crippen MR) is 117 cm³/mol. The highest BCUT2D eigenvalue weighted by molar-refractivity contribution is 7.92. The Morgan fingerprint density at radius 3 is 2.20 bits per heavy atom. The predicted octanol–water partition coefficient (Wildman–Crippen LogP) is 3.51. The summed E-state index contributed by atoms with van der Waals surface area (Å²) in [4.78, 5) is 22.7. The second-order valence-corrected chi connectivity index (χ2v) is 9.95. The number of nitrogens with one attached hydrogen (secondary N) is 2. The van der Waals surface area contributed by atoms with Gasteiger partial charge in [-0.2, -0.15) is 0 Å². The molecular weight excluding hydrogens is 406 g/mol. The third-order valence-corrected chi connectivity index (χ3v) is 5.10. The Morgan fingerprint density at radius 1 is 1.07 bits per heavy atom. The summed E-state index contributed by atoms with van der Waals surface area (Å²) in [6.07, 6.45) is 1.81. The van der Waals surface area contributed by atoms with E-state index in [1.165, 1.54) is 23.8 Å². The molecule has 8 nitrogen and oxygen atoms in total. The average Bonchev–Trinajstić information content (AvgIpc) is 2.63. The fourth-order valence-electron chi connectivity index (χ4n) is 2.84. The van der Waals surface area contributed by atoms with Crippen molar-refractivity contribution in [2.45, 2.75) is 45.6 Å². The maximum atomic E-state index is 12.2. The van der Waals surface area contributed by atoms with Crippen molar-refractivity contribution >= 4 is 27.3 Å². The normalized spacial score (nSPS) is 11.7. The highest BCUT2D eigenvalue weighted by atomic mass is 32.2. The van der Waals surface area contributed by atoms with Gasteiger partial charge >= 0.3 is 0 Å². The highest BCUT2D eigenvalue weighted by Crippen LogP contribution is 2.26. The zero-order valence-corrected chi connectivity index (χ0v) is 18.4. The second-order valence-electron chi connectivity index (χ2n) is 8.21. The zero-order chi connectivity index (χ0) is 22.5. The van der Waals surface area contributed by atoms with E-state index in [0.29, 0.717) is 18.4 Å². The number of amides is 1. The molecule has 1 amide bonds. The number of anilines is 1. The van der Waals surface area contributed by atoms with Crippen LogP contribution in [0, 0.1) is 10.1 Å². The van der Waals surface area contributed by atoms with Gasteiger partial charge in [0.2, 0.25) is 15.9 Å². The minimum absolute atomic E-state index is 0.0743. The number of carbonyl (C=O) groups is 1. The number of benzene rings is 2. The van der Waals surface area contributed by atoms with Crippen LogP contribution in [-0.2, 0) is 33.2 Å². The van der Waals surface area contributed by atoms with Crippen LogP contribution in [0.3, 0.4) is 0 Å². The maximum absolute atomic E-state index is 12.2. The van der Waals surface area contributed by atoms with Gasteiger partial charge in [0.05, 0.1) is 11.2 Å². The summed E-state index contributed by atoms with van der Waals surface area (Å²) in [5.74, 6) is -0.170. The van der Waals surface area contributed by atoms with Gasteiger partial charge in [0.25, 0.3) is 5.69 Å². The molecule has 2 rings (SSSR count). The summed E-state index contributed by atoms with van der Waals surface area (Å²) in [5, 5.41) is 14.0. The Morgan fingerprint density at radius 2 is 1.67 bits per heavy atom. The second kappa shape index (κ2) is 9.25. The van der Waals surface area contributed by atoms with Gasteiger partial charge in [0.1, 0.15) is 5.69 Å². The van der Waals surface area contributed by atoms with Gasteiger partial charge in [-0.15, -0.1) is 0 Å². The average molecular weight is 434 g/mol. The van der Waals surface area contributed by atoms with Crippen LogP contribution in [0.4, 0.5) is 11.4 Å². The van der Waals surface area contributed by atoms with E-state index in [2.05, 4.69) is 42.9 Å². The first-order valence-electron chi connectivity index (χ1n) is 9.46. The van der Waals surface area contributed by atoms with Crippen LogP contribution >= 0.6 is 0 Å². The van der Waals surface area contributed by atoms with E-state index in [4.69, 9.17) is 0 Å². The molecule has 0 aliphatic carbocycles. The summed E-state index contributed by atoms with van der Waals surface area (Å²) in [7, 11) is -3.64. The van der Waals surface area contributed by atoms with E-state index in [1.807, 2.05) is 12.1 Å². The number of nitro benzene ring substituents is 1. The lowest BCUT2D eigenvalue weighted by atomic mass is 9.86. The molecule has 2 aromatic rings. The van der Waals surface area contributed by atoms with E-state index < -0.39 is 14.9 Å². The number of sulfonamides is 1. The number of aryl methyl sites for hydroxylation is 1. The number of hydrogen-bond acceptors (Lipinski definition) is 5. The van der Waals surface area contributed by atoms with Crippen molar-refractivity contribution in [2.24, 2.45) is 0 Å². The minimum atomic E-state index is -3.64. The molecule has 0 saturated carbocycles. The van der Waals surface area contributed by atoms with Crippen LogP contribution in [0.1, 0.15) is 43.9 Å². The third-order valence-electron chi connectivity index (χ3n) is 4.50. The number of carbonyl (C=O) groups excluding carboxylic acids is 1. The first kappa shape index (κ1) is 23.3. The van der Waals surface area contributed by atoms with Crippen molar-refractivity contribution < 1.29 is 18.1 Å². The van der Waals surface area contributed by atoms with E-state index in [9.17, 15) is 23.3 Å². The molecule has 2 N–H and O–H groups in total. The highest BCUT2D eigenvalue weighted by Gasteiger charge is 2.18. The van der Waals surface area contributed by atoms with Crippen molar-refractivity contribution in [1.29, 1.82) is 0 Å². The lowest BCUT2D eigenvalue weighted by Gasteiger charge is -2.19. The molecule has 0 atom stereocenters. The minimum Gasteiger partial charge on any atom is -0.352 e. The number of hydrogen-bond donors (Lipinski definition) is 2. The Kier molecular flexibility index (Phi) is 7.20. The SMILES string of the molecule is CC(C)(C)c1ccc(CCC(=O)NCc2ccc(NS(C)(=O)=O)c([N+](=O)[O-])c2)cc1. The molecule has 0 heterocycles. The van der Waals surface area contributed by atoms with Crippen LogP contribution in [0.5, 0.6) is 0 Å². The van der Waals surface area contributed by atoms with Crippen molar-refractivity contribution in [3.05, 3.63) is 69.3 Å². The topological polar surface area (TPSA) is 118 Å². The first-order valence-corrected chi connectivity index (χ1v) is 11.4. The molecule has 0 aliphatic rings. The van der Waals surface area contributed by atoms with Gasteiger partial charge in [-0.3, -0.25) is 19.6 Å². The standard InChI is InChI=1S/C21H27N3O5S/c1-21(2,3)17-9-5-15(6-10-17)8-12-20(25)22-14-16-7-11-18(23-30(4,28)29)19(13-16)24(26)27/h5-7,9-11,13,23H,8,12,14H2,1-4H3,(H,22,25). The van der Waals surface area contributed by atoms with Gasteiger partial charge < -0.3 is 5.32 Å². The zero-order valence-electron chi connectivity index (χ0n) is 17.6. The Balaban J connectivity index is 1.94. The monoisotopic (exact) mass is 433 g/mol. The summed E-state index contributed by atoms with van der Waals surface area (Å²) in [6, 6.07) is 12.3. The summed E-state index contributed by atoms with van der Waals surface area (Å²) < 4.78 is 24.8. The molecule has 162 valence electrons. The van der Waals surface area contributed by atoms with Gasteiger partial charge in [-0.1, -0.05) is 51.1 Å². The molecule has 0 bridgehead atoms. The fourth-order valence-corrected chi connectivity index (χ4v) is 3.41. The van der Waals surface area contributed by atoms with Crippen molar-refractivity contribution in [3.63, 3.8) is 0 Å². The number of rotatable bonds is 8. The lowest BCUT2D eigenvalue weighted by molar-refractivity contribution is -0.384. The Labute approximate surface area is 176 Å². The third kappa shape index (κ3) is 7.14. The van der Waals surface area contributed by atoms with Gasteiger partial charge in [0.15, 0.2) is 0 Å². The number of nitrogens with zero attached hydrogens (tertiary/aromatic N) is 1.